The first-order valence-corrected chi connectivity index (χ1v) is 6.94. The molecule has 0 radical (unpaired) electrons. The van der Waals surface area contributed by atoms with E-state index in [1.54, 1.807) is 6.07 Å². The predicted octanol–water partition coefficient (Wildman–Crippen LogP) is 4.35. The van der Waals surface area contributed by atoms with E-state index in [4.69, 9.17) is 0 Å². The zero-order valence-electron chi connectivity index (χ0n) is 9.97. The van der Waals surface area contributed by atoms with E-state index < -0.39 is 0 Å². The Balaban J connectivity index is 2.90. The molecule has 0 spiro atoms. The average molecular weight is 288 g/mol. The fraction of sp³-hybridized carbons (Fsp3) is 0.538. The Morgan fingerprint density at radius 2 is 1.81 bits per heavy atom. The van der Waals surface area contributed by atoms with E-state index in [9.17, 15) is 4.39 Å². The first-order valence-electron chi connectivity index (χ1n) is 5.82. The molecule has 0 heterocycles. The predicted molar refractivity (Wildman–Crippen MR) is 71.8 cm³/mol. The zero-order chi connectivity index (χ0) is 12.0. The highest BCUT2D eigenvalue weighted by Crippen LogP contribution is 2.22. The molecular formula is C13H19BrFN. The van der Waals surface area contributed by atoms with Gasteiger partial charge in [0.25, 0.3) is 0 Å². The summed E-state index contributed by atoms with van der Waals surface area (Å²) < 4.78 is 13.9. The maximum atomic E-state index is 13.9. The van der Waals surface area contributed by atoms with Crippen molar-refractivity contribution in [3.8, 4) is 0 Å². The first-order chi connectivity index (χ1) is 7.72. The standard InChI is InChI=1S/C13H19BrFN/c1-3-7-16(8-4-2)13-6-5-11(10-14)9-12(13)15/h5-6,9H,3-4,7-8,10H2,1-2H3. The molecule has 3 heteroatoms. The minimum atomic E-state index is -0.112. The molecule has 0 aromatic heterocycles. The number of rotatable bonds is 6. The van der Waals surface area contributed by atoms with E-state index in [1.165, 1.54) is 0 Å². The van der Waals surface area contributed by atoms with Gasteiger partial charge >= 0.3 is 0 Å². The van der Waals surface area contributed by atoms with Crippen LogP contribution in [0.1, 0.15) is 32.3 Å². The molecule has 0 saturated carbocycles. The van der Waals surface area contributed by atoms with E-state index in [1.807, 2.05) is 12.1 Å². The summed E-state index contributed by atoms with van der Waals surface area (Å²) in [6, 6.07) is 5.48. The maximum absolute atomic E-state index is 13.9. The average Bonchev–Trinajstić information content (AvgIpc) is 2.29. The van der Waals surface area contributed by atoms with Crippen LogP contribution in [0.15, 0.2) is 18.2 Å². The van der Waals surface area contributed by atoms with Gasteiger partial charge in [-0.15, -0.1) is 0 Å². The molecule has 1 aromatic rings. The lowest BCUT2D eigenvalue weighted by molar-refractivity contribution is 0.612. The van der Waals surface area contributed by atoms with Gasteiger partial charge in [0.2, 0.25) is 0 Å². The molecule has 16 heavy (non-hydrogen) atoms. The number of hydrogen-bond donors (Lipinski definition) is 0. The van der Waals surface area contributed by atoms with Crippen LogP contribution in [0.2, 0.25) is 0 Å². The van der Waals surface area contributed by atoms with Crippen molar-refractivity contribution in [2.24, 2.45) is 0 Å². The lowest BCUT2D eigenvalue weighted by Gasteiger charge is -2.24. The van der Waals surface area contributed by atoms with Crippen LogP contribution in [0, 0.1) is 5.82 Å². The van der Waals surface area contributed by atoms with Crippen molar-refractivity contribution in [3.05, 3.63) is 29.6 Å². The van der Waals surface area contributed by atoms with E-state index in [0.717, 1.165) is 37.2 Å². The SMILES string of the molecule is CCCN(CCC)c1ccc(CBr)cc1F. The molecule has 0 bridgehead atoms. The monoisotopic (exact) mass is 287 g/mol. The normalized spacial score (nSPS) is 10.5. The number of benzene rings is 1. The topological polar surface area (TPSA) is 3.24 Å². The van der Waals surface area contributed by atoms with Crippen molar-refractivity contribution >= 4 is 21.6 Å². The van der Waals surface area contributed by atoms with Crippen LogP contribution in [0.5, 0.6) is 0 Å². The zero-order valence-corrected chi connectivity index (χ0v) is 11.6. The lowest BCUT2D eigenvalue weighted by atomic mass is 10.2. The van der Waals surface area contributed by atoms with Gasteiger partial charge in [0.05, 0.1) is 5.69 Å². The van der Waals surface area contributed by atoms with Crippen LogP contribution >= 0.6 is 15.9 Å². The Morgan fingerprint density at radius 1 is 1.19 bits per heavy atom. The maximum Gasteiger partial charge on any atom is 0.146 e. The third kappa shape index (κ3) is 3.48. The highest BCUT2D eigenvalue weighted by atomic mass is 79.9. The number of halogens is 2. The molecule has 0 fully saturated rings. The van der Waals surface area contributed by atoms with Crippen LogP contribution in [-0.4, -0.2) is 13.1 Å². The molecule has 0 aliphatic carbocycles. The Morgan fingerprint density at radius 3 is 2.25 bits per heavy atom. The second kappa shape index (κ2) is 6.89. The molecule has 0 aliphatic heterocycles. The fourth-order valence-electron chi connectivity index (χ4n) is 1.78. The number of alkyl halides is 1. The summed E-state index contributed by atoms with van der Waals surface area (Å²) in [6.07, 6.45) is 2.08. The van der Waals surface area contributed by atoms with Gasteiger partial charge in [0.1, 0.15) is 5.82 Å². The summed E-state index contributed by atoms with van der Waals surface area (Å²) in [6.45, 7) is 6.07. The van der Waals surface area contributed by atoms with Gasteiger partial charge in [-0.05, 0) is 30.5 Å². The fourth-order valence-corrected chi connectivity index (χ4v) is 2.13. The van der Waals surface area contributed by atoms with Crippen LogP contribution < -0.4 is 4.90 Å². The van der Waals surface area contributed by atoms with Crippen LogP contribution in [0.3, 0.4) is 0 Å². The highest BCUT2D eigenvalue weighted by Gasteiger charge is 2.10. The second-order valence-electron chi connectivity index (χ2n) is 3.91. The largest absolute Gasteiger partial charge is 0.369 e. The summed E-state index contributed by atoms with van der Waals surface area (Å²) in [7, 11) is 0. The smallest absolute Gasteiger partial charge is 0.146 e. The van der Waals surface area contributed by atoms with Crippen molar-refractivity contribution in [1.29, 1.82) is 0 Å². The van der Waals surface area contributed by atoms with E-state index >= 15 is 0 Å². The van der Waals surface area contributed by atoms with Gasteiger partial charge in [0, 0.05) is 18.4 Å². The Hall–Kier alpha value is -0.570. The third-order valence-electron chi connectivity index (χ3n) is 2.49. The summed E-state index contributed by atoms with van der Waals surface area (Å²) in [4.78, 5) is 2.12. The van der Waals surface area contributed by atoms with Gasteiger partial charge in [-0.1, -0.05) is 35.8 Å². The van der Waals surface area contributed by atoms with Gasteiger partial charge < -0.3 is 4.90 Å². The van der Waals surface area contributed by atoms with Crippen molar-refractivity contribution in [2.75, 3.05) is 18.0 Å². The van der Waals surface area contributed by atoms with Crippen molar-refractivity contribution in [3.63, 3.8) is 0 Å². The quantitative estimate of drug-likeness (QED) is 0.703. The summed E-state index contributed by atoms with van der Waals surface area (Å²) in [5.74, 6) is -0.112. The van der Waals surface area contributed by atoms with Crippen LogP contribution in [-0.2, 0) is 5.33 Å². The highest BCUT2D eigenvalue weighted by molar-refractivity contribution is 9.08. The molecule has 90 valence electrons. The van der Waals surface area contributed by atoms with Crippen LogP contribution in [0.4, 0.5) is 10.1 Å². The molecule has 0 saturated heterocycles. The number of hydrogen-bond acceptors (Lipinski definition) is 1. The summed E-state index contributed by atoms with van der Waals surface area (Å²) in [5.41, 5.74) is 1.71. The van der Waals surface area contributed by atoms with E-state index in [0.29, 0.717) is 5.33 Å². The van der Waals surface area contributed by atoms with E-state index in [-0.39, 0.29) is 5.82 Å². The van der Waals surface area contributed by atoms with Crippen molar-refractivity contribution in [1.82, 2.24) is 0 Å². The van der Waals surface area contributed by atoms with Crippen molar-refractivity contribution in [2.45, 2.75) is 32.0 Å². The summed E-state index contributed by atoms with van der Waals surface area (Å²) >= 11 is 3.33. The number of anilines is 1. The molecule has 0 atom stereocenters. The molecule has 0 N–H and O–H groups in total. The third-order valence-corrected chi connectivity index (χ3v) is 3.14. The first kappa shape index (κ1) is 13.5. The minimum Gasteiger partial charge on any atom is -0.369 e. The van der Waals surface area contributed by atoms with Crippen molar-refractivity contribution < 1.29 is 4.39 Å². The molecular weight excluding hydrogens is 269 g/mol. The Kier molecular flexibility index (Phi) is 5.81. The Labute approximate surface area is 106 Å². The minimum absolute atomic E-state index is 0.112. The summed E-state index contributed by atoms with van der Waals surface area (Å²) in [5, 5.41) is 0.700. The lowest BCUT2D eigenvalue weighted by Crippen LogP contribution is -2.25. The van der Waals surface area contributed by atoms with Gasteiger partial charge in [0.15, 0.2) is 0 Å². The number of nitrogens with zero attached hydrogens (tertiary/aromatic N) is 1. The molecule has 1 aromatic carbocycles. The molecule has 1 rings (SSSR count). The van der Waals surface area contributed by atoms with Gasteiger partial charge in [-0.2, -0.15) is 0 Å². The van der Waals surface area contributed by atoms with E-state index in [2.05, 4.69) is 34.7 Å². The Bertz CT molecular complexity index is 322. The van der Waals surface area contributed by atoms with Gasteiger partial charge in [-0.25, -0.2) is 4.39 Å². The van der Waals surface area contributed by atoms with Crippen LogP contribution in [0.25, 0.3) is 0 Å². The molecule has 0 unspecified atom stereocenters. The molecule has 0 amide bonds. The second-order valence-corrected chi connectivity index (χ2v) is 4.47. The molecule has 0 aliphatic rings. The van der Waals surface area contributed by atoms with Gasteiger partial charge in [-0.3, -0.25) is 0 Å². The molecule has 1 nitrogen and oxygen atoms in total.